The second kappa shape index (κ2) is 10.4. The van der Waals surface area contributed by atoms with E-state index in [0.717, 1.165) is 16.7 Å². The van der Waals surface area contributed by atoms with Crippen molar-refractivity contribution in [2.75, 3.05) is 25.5 Å². The number of nitrogens with one attached hydrogen (secondary N) is 1. The molecule has 1 fully saturated rings. The van der Waals surface area contributed by atoms with E-state index in [2.05, 4.69) is 16.4 Å². The van der Waals surface area contributed by atoms with Gasteiger partial charge in [0, 0.05) is 13.1 Å². The van der Waals surface area contributed by atoms with Crippen LogP contribution in [0.1, 0.15) is 35.1 Å². The number of nitrogens with zero attached hydrogens (tertiary/aromatic N) is 4. The van der Waals surface area contributed by atoms with Gasteiger partial charge in [0.2, 0.25) is 0 Å². The van der Waals surface area contributed by atoms with Crippen LogP contribution in [0.4, 0.5) is 10.6 Å². The number of rotatable bonds is 6. The van der Waals surface area contributed by atoms with E-state index in [-0.39, 0.29) is 12.0 Å². The normalized spacial score (nSPS) is 14.7. The number of piperidine rings is 1. The van der Waals surface area contributed by atoms with E-state index in [0.29, 0.717) is 50.3 Å². The SMILES string of the molecule is COC(=O)C1(Cc2ccccc2C)CCN(C(=O)Nc2cncn2Cc2ccc(C#N)cc2)CC1. The summed E-state index contributed by atoms with van der Waals surface area (Å²) >= 11 is 0. The van der Waals surface area contributed by atoms with Gasteiger partial charge in [0.15, 0.2) is 0 Å². The minimum absolute atomic E-state index is 0.221. The highest BCUT2D eigenvalue weighted by Gasteiger charge is 2.43. The van der Waals surface area contributed by atoms with Gasteiger partial charge in [0.1, 0.15) is 5.82 Å². The Morgan fingerprint density at radius 3 is 2.51 bits per heavy atom. The van der Waals surface area contributed by atoms with E-state index in [9.17, 15) is 9.59 Å². The van der Waals surface area contributed by atoms with Crippen LogP contribution in [0, 0.1) is 23.7 Å². The highest BCUT2D eigenvalue weighted by molar-refractivity contribution is 5.88. The predicted octanol–water partition coefficient (Wildman–Crippen LogP) is 4.14. The summed E-state index contributed by atoms with van der Waals surface area (Å²) in [5.74, 6) is 0.366. The van der Waals surface area contributed by atoms with Crippen molar-refractivity contribution in [2.45, 2.75) is 32.7 Å². The van der Waals surface area contributed by atoms with Crippen molar-refractivity contribution in [3.63, 3.8) is 0 Å². The van der Waals surface area contributed by atoms with E-state index in [4.69, 9.17) is 10.00 Å². The molecule has 8 heteroatoms. The largest absolute Gasteiger partial charge is 0.469 e. The number of aryl methyl sites for hydroxylation is 1. The quantitative estimate of drug-likeness (QED) is 0.545. The van der Waals surface area contributed by atoms with Gasteiger partial charge < -0.3 is 14.2 Å². The Balaban J connectivity index is 1.41. The number of carbonyl (C=O) groups is 2. The average molecular weight is 472 g/mol. The molecule has 35 heavy (non-hydrogen) atoms. The van der Waals surface area contributed by atoms with Crippen molar-refractivity contribution >= 4 is 17.8 Å². The van der Waals surface area contributed by atoms with Gasteiger partial charge in [0.05, 0.1) is 43.2 Å². The van der Waals surface area contributed by atoms with Crippen LogP contribution < -0.4 is 5.32 Å². The standard InChI is InChI=1S/C27H29N5O3/c1-20-5-3-4-6-23(20)15-27(25(33)35-2)11-13-31(14-12-27)26(34)30-24-17-29-19-32(24)18-22-9-7-21(16-28)8-10-22/h3-10,17,19H,11-15,18H2,1-2H3,(H,30,34). The van der Waals surface area contributed by atoms with Crippen molar-refractivity contribution in [1.82, 2.24) is 14.5 Å². The first kappa shape index (κ1) is 24.0. The van der Waals surface area contributed by atoms with E-state index in [1.807, 2.05) is 47.9 Å². The molecule has 2 heterocycles. The number of nitriles is 1. The zero-order valence-corrected chi connectivity index (χ0v) is 20.0. The van der Waals surface area contributed by atoms with Gasteiger partial charge in [-0.1, -0.05) is 36.4 Å². The summed E-state index contributed by atoms with van der Waals surface area (Å²) in [5.41, 5.74) is 3.22. The molecule has 2 amide bonds. The van der Waals surface area contributed by atoms with E-state index in [1.54, 1.807) is 29.6 Å². The van der Waals surface area contributed by atoms with Crippen LogP contribution in [0.25, 0.3) is 0 Å². The van der Waals surface area contributed by atoms with Gasteiger partial charge in [-0.05, 0) is 55.0 Å². The Morgan fingerprint density at radius 2 is 1.86 bits per heavy atom. The number of imidazole rings is 1. The molecule has 0 spiro atoms. The number of likely N-dealkylation sites (tertiary alicyclic amines) is 1. The number of amides is 2. The van der Waals surface area contributed by atoms with Crippen LogP contribution >= 0.6 is 0 Å². The summed E-state index contributed by atoms with van der Waals surface area (Å²) in [6, 6.07) is 17.3. The third kappa shape index (κ3) is 5.35. The minimum atomic E-state index is -0.644. The number of carbonyl (C=O) groups excluding carboxylic acids is 2. The molecule has 1 saturated heterocycles. The van der Waals surface area contributed by atoms with Crippen LogP contribution in [0.2, 0.25) is 0 Å². The summed E-state index contributed by atoms with van der Waals surface area (Å²) in [6.45, 7) is 3.47. The number of urea groups is 1. The lowest BCUT2D eigenvalue weighted by Gasteiger charge is -2.40. The number of esters is 1. The zero-order valence-electron chi connectivity index (χ0n) is 20.0. The van der Waals surface area contributed by atoms with Crippen LogP contribution in [0.5, 0.6) is 0 Å². The predicted molar refractivity (Wildman–Crippen MR) is 132 cm³/mol. The molecule has 4 rings (SSSR count). The number of methoxy groups -OCH3 is 1. The Hall–Kier alpha value is -4.12. The van der Waals surface area contributed by atoms with E-state index < -0.39 is 5.41 Å². The maximum absolute atomic E-state index is 13.0. The van der Waals surface area contributed by atoms with Gasteiger partial charge in [0.25, 0.3) is 0 Å². The molecule has 8 nitrogen and oxygen atoms in total. The first-order chi connectivity index (χ1) is 16.9. The molecule has 1 aromatic heterocycles. The number of aromatic nitrogens is 2. The second-order valence-corrected chi connectivity index (χ2v) is 9.01. The van der Waals surface area contributed by atoms with E-state index in [1.165, 1.54) is 7.11 Å². The van der Waals surface area contributed by atoms with Crippen molar-refractivity contribution in [1.29, 1.82) is 5.26 Å². The summed E-state index contributed by atoms with van der Waals surface area (Å²) in [4.78, 5) is 31.8. The maximum Gasteiger partial charge on any atom is 0.323 e. The fraction of sp³-hybridized carbons (Fsp3) is 0.333. The molecule has 180 valence electrons. The second-order valence-electron chi connectivity index (χ2n) is 9.01. The van der Waals surface area contributed by atoms with Gasteiger partial charge >= 0.3 is 12.0 Å². The summed E-state index contributed by atoms with van der Waals surface area (Å²) < 4.78 is 7.03. The van der Waals surface area contributed by atoms with Gasteiger partial charge in [-0.3, -0.25) is 10.1 Å². The zero-order chi connectivity index (χ0) is 24.8. The first-order valence-electron chi connectivity index (χ1n) is 11.6. The Morgan fingerprint density at radius 1 is 1.14 bits per heavy atom. The molecule has 0 bridgehead atoms. The Kier molecular flexibility index (Phi) is 7.16. The molecule has 0 unspecified atom stereocenters. The molecule has 1 aliphatic rings. The van der Waals surface area contributed by atoms with E-state index >= 15 is 0 Å². The highest BCUT2D eigenvalue weighted by Crippen LogP contribution is 2.37. The molecule has 0 aliphatic carbocycles. The maximum atomic E-state index is 13.0. The molecule has 1 N–H and O–H groups in total. The lowest BCUT2D eigenvalue weighted by molar-refractivity contribution is -0.155. The summed E-state index contributed by atoms with van der Waals surface area (Å²) in [6.07, 6.45) is 4.94. The van der Waals surface area contributed by atoms with Crippen molar-refractivity contribution in [2.24, 2.45) is 5.41 Å². The fourth-order valence-corrected chi connectivity index (χ4v) is 4.60. The molecule has 2 aromatic carbocycles. The van der Waals surface area contributed by atoms with Crippen LogP contribution in [0.15, 0.2) is 61.1 Å². The van der Waals surface area contributed by atoms with Crippen LogP contribution in [-0.4, -0.2) is 46.7 Å². The molecule has 0 saturated carbocycles. The smallest absolute Gasteiger partial charge is 0.323 e. The van der Waals surface area contributed by atoms with Crippen molar-refractivity contribution < 1.29 is 14.3 Å². The Labute approximate surface area is 205 Å². The lowest BCUT2D eigenvalue weighted by Crippen LogP contribution is -2.49. The monoisotopic (exact) mass is 471 g/mol. The molecule has 3 aromatic rings. The molecule has 0 atom stereocenters. The van der Waals surface area contributed by atoms with Crippen molar-refractivity contribution in [3.8, 4) is 6.07 Å². The van der Waals surface area contributed by atoms with Gasteiger partial charge in [-0.15, -0.1) is 0 Å². The highest BCUT2D eigenvalue weighted by atomic mass is 16.5. The number of ether oxygens (including phenoxy) is 1. The Bertz CT molecular complexity index is 1230. The third-order valence-corrected chi connectivity index (χ3v) is 6.80. The molecule has 1 aliphatic heterocycles. The number of hydrogen-bond donors (Lipinski definition) is 1. The van der Waals surface area contributed by atoms with Gasteiger partial charge in [-0.25, -0.2) is 9.78 Å². The first-order valence-corrected chi connectivity index (χ1v) is 11.6. The molecular weight excluding hydrogens is 442 g/mol. The summed E-state index contributed by atoms with van der Waals surface area (Å²) in [7, 11) is 1.43. The minimum Gasteiger partial charge on any atom is -0.469 e. The average Bonchev–Trinajstić information content (AvgIpc) is 3.31. The van der Waals surface area contributed by atoms with Crippen LogP contribution in [0.3, 0.4) is 0 Å². The number of hydrogen-bond acceptors (Lipinski definition) is 5. The third-order valence-electron chi connectivity index (χ3n) is 6.80. The topological polar surface area (TPSA) is 100 Å². The fourth-order valence-electron chi connectivity index (χ4n) is 4.60. The lowest BCUT2D eigenvalue weighted by atomic mass is 9.73. The molecular formula is C27H29N5O3. The number of anilines is 1. The van der Waals surface area contributed by atoms with Crippen molar-refractivity contribution in [3.05, 3.63) is 83.3 Å². The van der Waals surface area contributed by atoms with Gasteiger partial charge in [-0.2, -0.15) is 5.26 Å². The van der Waals surface area contributed by atoms with Crippen LogP contribution in [-0.2, 0) is 22.5 Å². The summed E-state index contributed by atoms with van der Waals surface area (Å²) in [5, 5.41) is 11.9. The number of benzene rings is 2. The molecule has 0 radical (unpaired) electrons.